The molecular weight excluding hydrogens is 305 g/mol. The first kappa shape index (κ1) is 14.1. The average molecular weight is 318 g/mol. The van der Waals surface area contributed by atoms with Crippen molar-refractivity contribution < 1.29 is 0 Å². The van der Waals surface area contributed by atoms with Crippen LogP contribution in [0.3, 0.4) is 0 Å². The second kappa shape index (κ2) is 6.29. The normalized spacial score (nSPS) is 14.8. The van der Waals surface area contributed by atoms with Crippen molar-refractivity contribution >= 4 is 40.9 Å². The third-order valence-electron chi connectivity index (χ3n) is 3.15. The van der Waals surface area contributed by atoms with Gasteiger partial charge in [0.25, 0.3) is 0 Å². The molecule has 3 nitrogen and oxygen atoms in total. The molecule has 2 aromatic carbocycles. The summed E-state index contributed by atoms with van der Waals surface area (Å²) in [5.41, 5.74) is 1.91. The number of hydrazone groups is 1. The van der Waals surface area contributed by atoms with Gasteiger partial charge >= 0.3 is 0 Å². The third-order valence-corrected chi connectivity index (χ3v) is 3.72. The number of benzene rings is 2. The van der Waals surface area contributed by atoms with E-state index in [0.29, 0.717) is 10.0 Å². The lowest BCUT2D eigenvalue weighted by molar-refractivity contribution is 0.922. The number of hydrogen-bond acceptors (Lipinski definition) is 3. The molecule has 3 rings (SSSR count). The number of hydrogen-bond donors (Lipinski definition) is 0. The molecule has 0 spiro atoms. The van der Waals surface area contributed by atoms with Gasteiger partial charge in [-0.1, -0.05) is 47.5 Å². The predicted octanol–water partition coefficient (Wildman–Crippen LogP) is 4.64. The molecular formula is C16H13Cl2N3. The Bertz CT molecular complexity index is 696. The molecule has 0 saturated heterocycles. The number of anilines is 1. The summed E-state index contributed by atoms with van der Waals surface area (Å²) in [5, 5.41) is 7.66. The topological polar surface area (TPSA) is 28.0 Å². The Hall–Kier alpha value is -1.84. The lowest BCUT2D eigenvalue weighted by Crippen LogP contribution is -2.11. The largest absolute Gasteiger partial charge is 0.263 e. The van der Waals surface area contributed by atoms with Crippen LogP contribution < -0.4 is 5.01 Å². The Labute approximate surface area is 133 Å². The highest BCUT2D eigenvalue weighted by atomic mass is 35.5. The van der Waals surface area contributed by atoms with Crippen LogP contribution in [0.4, 0.5) is 5.69 Å². The van der Waals surface area contributed by atoms with E-state index in [1.165, 1.54) is 0 Å². The van der Waals surface area contributed by atoms with Crippen LogP contribution in [-0.2, 0) is 0 Å². The van der Waals surface area contributed by atoms with Gasteiger partial charge in [-0.3, -0.25) is 5.01 Å². The number of halogens is 2. The minimum Gasteiger partial charge on any atom is -0.263 e. The standard InChI is InChI=1S/C16H13Cl2N3/c17-13-7-6-12(15(18)10-13)11-19-16-8-9-21(20-16)14-4-2-1-3-5-14/h1-7,10-11H,8-9H2. The zero-order chi connectivity index (χ0) is 14.7. The van der Waals surface area contributed by atoms with Gasteiger partial charge in [0.05, 0.1) is 10.7 Å². The number of aliphatic imine (C=N–C) groups is 1. The summed E-state index contributed by atoms with van der Waals surface area (Å²) in [6.07, 6.45) is 2.54. The summed E-state index contributed by atoms with van der Waals surface area (Å²) in [6.45, 7) is 0.838. The van der Waals surface area contributed by atoms with Crippen LogP contribution >= 0.6 is 23.2 Å². The van der Waals surface area contributed by atoms with Gasteiger partial charge in [0, 0.05) is 29.8 Å². The molecule has 5 heteroatoms. The average Bonchev–Trinajstić information content (AvgIpc) is 2.96. The fraction of sp³-hybridized carbons (Fsp3) is 0.125. The maximum atomic E-state index is 6.11. The van der Waals surface area contributed by atoms with E-state index in [0.717, 1.165) is 30.1 Å². The Balaban J connectivity index is 1.75. The molecule has 106 valence electrons. The highest BCUT2D eigenvalue weighted by molar-refractivity contribution is 6.36. The van der Waals surface area contributed by atoms with Gasteiger partial charge in [-0.2, -0.15) is 5.10 Å². The van der Waals surface area contributed by atoms with Gasteiger partial charge in [0.15, 0.2) is 5.84 Å². The molecule has 0 N–H and O–H groups in total. The third kappa shape index (κ3) is 3.43. The van der Waals surface area contributed by atoms with Crippen molar-refractivity contribution in [2.45, 2.75) is 6.42 Å². The van der Waals surface area contributed by atoms with E-state index >= 15 is 0 Å². The Morgan fingerprint density at radius 2 is 1.90 bits per heavy atom. The summed E-state index contributed by atoms with van der Waals surface area (Å²) in [7, 11) is 0. The maximum Gasteiger partial charge on any atom is 0.150 e. The van der Waals surface area contributed by atoms with Crippen molar-refractivity contribution in [1.29, 1.82) is 0 Å². The molecule has 2 aromatic rings. The molecule has 0 unspecified atom stereocenters. The van der Waals surface area contributed by atoms with Gasteiger partial charge in [-0.25, -0.2) is 4.99 Å². The number of amidine groups is 1. The van der Waals surface area contributed by atoms with Gasteiger partial charge in [-0.15, -0.1) is 0 Å². The molecule has 1 heterocycles. The predicted molar refractivity (Wildman–Crippen MR) is 89.9 cm³/mol. The minimum absolute atomic E-state index is 0.588. The monoisotopic (exact) mass is 317 g/mol. The van der Waals surface area contributed by atoms with Crippen LogP contribution in [0.5, 0.6) is 0 Å². The summed E-state index contributed by atoms with van der Waals surface area (Å²) < 4.78 is 0. The molecule has 0 bridgehead atoms. The zero-order valence-electron chi connectivity index (χ0n) is 11.2. The summed E-state index contributed by atoms with van der Waals surface area (Å²) in [5.74, 6) is 0.796. The number of rotatable bonds is 2. The fourth-order valence-corrected chi connectivity index (χ4v) is 2.53. The van der Waals surface area contributed by atoms with Crippen molar-refractivity contribution in [2.75, 3.05) is 11.6 Å². The van der Waals surface area contributed by atoms with E-state index in [1.54, 1.807) is 18.3 Å². The van der Waals surface area contributed by atoms with E-state index in [9.17, 15) is 0 Å². The number of nitrogens with zero attached hydrogens (tertiary/aromatic N) is 3. The lowest BCUT2D eigenvalue weighted by Gasteiger charge is -2.11. The molecule has 0 saturated carbocycles. The SMILES string of the molecule is Clc1ccc(C=NC2=NN(c3ccccc3)CC2)c(Cl)c1. The maximum absolute atomic E-state index is 6.11. The zero-order valence-corrected chi connectivity index (χ0v) is 12.7. The number of para-hydroxylation sites is 1. The molecule has 0 fully saturated rings. The van der Waals surface area contributed by atoms with Crippen LogP contribution in [-0.4, -0.2) is 18.6 Å². The summed E-state index contributed by atoms with van der Waals surface area (Å²) in [4.78, 5) is 4.42. The Morgan fingerprint density at radius 3 is 2.67 bits per heavy atom. The molecule has 0 radical (unpaired) electrons. The molecule has 21 heavy (non-hydrogen) atoms. The van der Waals surface area contributed by atoms with Gasteiger partial charge in [0.2, 0.25) is 0 Å². The first-order valence-corrected chi connectivity index (χ1v) is 7.37. The first-order valence-electron chi connectivity index (χ1n) is 6.61. The van der Waals surface area contributed by atoms with Gasteiger partial charge < -0.3 is 0 Å². The first-order chi connectivity index (χ1) is 10.2. The van der Waals surface area contributed by atoms with Gasteiger partial charge in [-0.05, 0) is 24.3 Å². The van der Waals surface area contributed by atoms with Crippen molar-refractivity contribution in [2.24, 2.45) is 10.1 Å². The second-order valence-electron chi connectivity index (χ2n) is 4.65. The quantitative estimate of drug-likeness (QED) is 0.742. The highest BCUT2D eigenvalue weighted by Crippen LogP contribution is 2.21. The van der Waals surface area contributed by atoms with E-state index in [2.05, 4.69) is 10.1 Å². The molecule has 0 aliphatic carbocycles. The molecule has 0 aromatic heterocycles. The van der Waals surface area contributed by atoms with E-state index in [1.807, 2.05) is 41.4 Å². The summed E-state index contributed by atoms with van der Waals surface area (Å²) >= 11 is 12.0. The van der Waals surface area contributed by atoms with Crippen LogP contribution in [0.2, 0.25) is 10.0 Å². The van der Waals surface area contributed by atoms with Crippen molar-refractivity contribution in [3.63, 3.8) is 0 Å². The molecule has 1 aliphatic heterocycles. The van der Waals surface area contributed by atoms with Crippen LogP contribution in [0.15, 0.2) is 58.6 Å². The van der Waals surface area contributed by atoms with E-state index in [4.69, 9.17) is 23.2 Å². The van der Waals surface area contributed by atoms with E-state index < -0.39 is 0 Å². The molecule has 1 aliphatic rings. The van der Waals surface area contributed by atoms with E-state index in [-0.39, 0.29) is 0 Å². The lowest BCUT2D eigenvalue weighted by atomic mass is 10.2. The summed E-state index contributed by atoms with van der Waals surface area (Å²) in [6, 6.07) is 15.4. The van der Waals surface area contributed by atoms with Crippen molar-refractivity contribution in [1.82, 2.24) is 0 Å². The minimum atomic E-state index is 0.588. The van der Waals surface area contributed by atoms with Crippen molar-refractivity contribution in [3.8, 4) is 0 Å². The van der Waals surface area contributed by atoms with Crippen LogP contribution in [0, 0.1) is 0 Å². The molecule has 0 atom stereocenters. The smallest absolute Gasteiger partial charge is 0.150 e. The Morgan fingerprint density at radius 1 is 1.10 bits per heavy atom. The van der Waals surface area contributed by atoms with Crippen LogP contribution in [0.1, 0.15) is 12.0 Å². The fourth-order valence-electron chi connectivity index (χ4n) is 2.07. The highest BCUT2D eigenvalue weighted by Gasteiger charge is 2.14. The second-order valence-corrected chi connectivity index (χ2v) is 5.49. The Kier molecular flexibility index (Phi) is 4.23. The van der Waals surface area contributed by atoms with Crippen LogP contribution in [0.25, 0.3) is 0 Å². The van der Waals surface area contributed by atoms with Crippen molar-refractivity contribution in [3.05, 3.63) is 64.1 Å². The van der Waals surface area contributed by atoms with Gasteiger partial charge in [0.1, 0.15) is 0 Å². The molecule has 0 amide bonds.